The standard InChI is InChI=1S/C25H26N2/c1-3-12-21-18(8-1)10-7-11-19(21)16-17-20-9-2-4-13-22(20)25-26-23-14-5-6-15-24(23)27-25/h1-4,7-13,23-24H,5-6,14-17H2,(H,26,27)/t23-,24?/m1/s1. The first-order chi connectivity index (χ1) is 13.4. The van der Waals surface area contributed by atoms with Gasteiger partial charge in [-0.3, -0.25) is 4.99 Å². The molecule has 2 aliphatic rings. The molecule has 3 aromatic rings. The maximum atomic E-state index is 5.05. The van der Waals surface area contributed by atoms with Crippen LogP contribution in [0.4, 0.5) is 0 Å². The molecule has 1 N–H and O–H groups in total. The molecule has 1 aliphatic heterocycles. The van der Waals surface area contributed by atoms with Crippen LogP contribution in [0.2, 0.25) is 0 Å². The quantitative estimate of drug-likeness (QED) is 0.677. The molecule has 0 bridgehead atoms. The third kappa shape index (κ3) is 3.25. The van der Waals surface area contributed by atoms with E-state index in [-0.39, 0.29) is 0 Å². The zero-order valence-electron chi connectivity index (χ0n) is 15.7. The fourth-order valence-corrected chi connectivity index (χ4v) is 4.71. The van der Waals surface area contributed by atoms with Gasteiger partial charge in [0.1, 0.15) is 5.84 Å². The van der Waals surface area contributed by atoms with E-state index in [1.54, 1.807) is 0 Å². The Balaban J connectivity index is 1.40. The van der Waals surface area contributed by atoms with Crippen molar-refractivity contribution in [3.05, 3.63) is 83.4 Å². The van der Waals surface area contributed by atoms with Crippen molar-refractivity contribution in [2.24, 2.45) is 4.99 Å². The van der Waals surface area contributed by atoms with Gasteiger partial charge in [-0.1, -0.05) is 79.6 Å². The SMILES string of the molecule is c1ccc(C2=NC3CCCC[C@H]3N2)c(CCc2cccc3ccccc23)c1. The highest BCUT2D eigenvalue weighted by molar-refractivity contribution is 6.01. The number of amidine groups is 1. The average Bonchev–Trinajstić information content (AvgIpc) is 3.16. The van der Waals surface area contributed by atoms with Crippen molar-refractivity contribution in [3.8, 4) is 0 Å². The van der Waals surface area contributed by atoms with E-state index in [4.69, 9.17) is 4.99 Å². The highest BCUT2D eigenvalue weighted by Crippen LogP contribution is 2.27. The fourth-order valence-electron chi connectivity index (χ4n) is 4.71. The number of hydrogen-bond acceptors (Lipinski definition) is 2. The predicted octanol–water partition coefficient (Wildman–Crippen LogP) is 5.29. The molecule has 2 nitrogen and oxygen atoms in total. The van der Waals surface area contributed by atoms with Crippen molar-refractivity contribution >= 4 is 16.6 Å². The summed E-state index contributed by atoms with van der Waals surface area (Å²) in [6.07, 6.45) is 7.25. The minimum atomic E-state index is 0.486. The summed E-state index contributed by atoms with van der Waals surface area (Å²) in [6.45, 7) is 0. The normalized spacial score (nSPS) is 21.6. The second-order valence-electron chi connectivity index (χ2n) is 7.88. The molecule has 27 heavy (non-hydrogen) atoms. The summed E-state index contributed by atoms with van der Waals surface area (Å²) in [5, 5.41) is 6.43. The summed E-state index contributed by atoms with van der Waals surface area (Å²) in [5.74, 6) is 1.13. The third-order valence-electron chi connectivity index (χ3n) is 6.16. The molecule has 0 amide bonds. The molecule has 1 aliphatic carbocycles. The number of nitrogens with zero attached hydrogens (tertiary/aromatic N) is 1. The highest BCUT2D eigenvalue weighted by atomic mass is 15.1. The first-order valence-electron chi connectivity index (χ1n) is 10.3. The molecule has 2 heteroatoms. The molecule has 136 valence electrons. The second-order valence-corrected chi connectivity index (χ2v) is 7.88. The summed E-state index contributed by atoms with van der Waals surface area (Å²) in [6, 6.07) is 25.2. The first kappa shape index (κ1) is 16.6. The van der Waals surface area contributed by atoms with Gasteiger partial charge in [0.2, 0.25) is 0 Å². The largest absolute Gasteiger partial charge is 0.365 e. The molecule has 5 rings (SSSR count). The van der Waals surface area contributed by atoms with Gasteiger partial charge in [0, 0.05) is 11.6 Å². The number of hydrogen-bond donors (Lipinski definition) is 1. The lowest BCUT2D eigenvalue weighted by Crippen LogP contribution is -2.37. The Morgan fingerprint density at radius 3 is 2.48 bits per heavy atom. The van der Waals surface area contributed by atoms with Crippen molar-refractivity contribution in [2.75, 3.05) is 0 Å². The zero-order chi connectivity index (χ0) is 18.1. The van der Waals surface area contributed by atoms with E-state index >= 15 is 0 Å². The Hall–Kier alpha value is -2.61. The number of nitrogens with one attached hydrogen (secondary N) is 1. The number of benzene rings is 3. The molecule has 0 radical (unpaired) electrons. The molecule has 0 saturated heterocycles. The van der Waals surface area contributed by atoms with Crippen LogP contribution in [0.25, 0.3) is 10.8 Å². The molecule has 0 spiro atoms. The van der Waals surface area contributed by atoms with Crippen LogP contribution in [0.5, 0.6) is 0 Å². The lowest BCUT2D eigenvalue weighted by atomic mass is 9.92. The van der Waals surface area contributed by atoms with Crippen LogP contribution in [-0.4, -0.2) is 17.9 Å². The predicted molar refractivity (Wildman–Crippen MR) is 114 cm³/mol. The lowest BCUT2D eigenvalue weighted by molar-refractivity contribution is 0.385. The van der Waals surface area contributed by atoms with E-state index < -0.39 is 0 Å². The van der Waals surface area contributed by atoms with Crippen molar-refractivity contribution < 1.29 is 0 Å². The number of rotatable bonds is 4. The van der Waals surface area contributed by atoms with Crippen LogP contribution in [0.3, 0.4) is 0 Å². The summed E-state index contributed by atoms with van der Waals surface area (Å²) < 4.78 is 0. The Kier molecular flexibility index (Phi) is 4.41. The van der Waals surface area contributed by atoms with E-state index in [9.17, 15) is 0 Å². The minimum absolute atomic E-state index is 0.486. The summed E-state index contributed by atoms with van der Waals surface area (Å²) in [4.78, 5) is 5.05. The molecule has 1 saturated carbocycles. The molecular formula is C25H26N2. The zero-order valence-corrected chi connectivity index (χ0v) is 15.7. The summed E-state index contributed by atoms with van der Waals surface area (Å²) in [5.41, 5.74) is 4.13. The van der Waals surface area contributed by atoms with Gasteiger partial charge >= 0.3 is 0 Å². The van der Waals surface area contributed by atoms with Crippen molar-refractivity contribution in [2.45, 2.75) is 50.6 Å². The maximum Gasteiger partial charge on any atom is 0.129 e. The van der Waals surface area contributed by atoms with Gasteiger partial charge in [0.25, 0.3) is 0 Å². The van der Waals surface area contributed by atoms with Gasteiger partial charge in [0.15, 0.2) is 0 Å². The number of aryl methyl sites for hydroxylation is 2. The van der Waals surface area contributed by atoms with Crippen LogP contribution in [0.15, 0.2) is 71.7 Å². The van der Waals surface area contributed by atoms with Gasteiger partial charge < -0.3 is 5.32 Å². The molecule has 2 atom stereocenters. The van der Waals surface area contributed by atoms with Crippen molar-refractivity contribution in [3.63, 3.8) is 0 Å². The van der Waals surface area contributed by atoms with Crippen molar-refractivity contribution in [1.82, 2.24) is 5.32 Å². The number of aliphatic imine (C=N–C) groups is 1. The smallest absolute Gasteiger partial charge is 0.129 e. The average molecular weight is 354 g/mol. The Morgan fingerprint density at radius 2 is 1.52 bits per heavy atom. The van der Waals surface area contributed by atoms with Crippen LogP contribution in [-0.2, 0) is 12.8 Å². The van der Waals surface area contributed by atoms with E-state index in [2.05, 4.69) is 72.0 Å². The van der Waals surface area contributed by atoms with E-state index in [0.717, 1.165) is 18.7 Å². The Morgan fingerprint density at radius 1 is 0.778 bits per heavy atom. The van der Waals surface area contributed by atoms with Gasteiger partial charge in [-0.25, -0.2) is 0 Å². The van der Waals surface area contributed by atoms with Crippen LogP contribution in [0, 0.1) is 0 Å². The van der Waals surface area contributed by atoms with E-state index in [0.29, 0.717) is 12.1 Å². The molecule has 1 fully saturated rings. The molecule has 0 aromatic heterocycles. The van der Waals surface area contributed by atoms with E-state index in [1.165, 1.54) is 53.1 Å². The lowest BCUT2D eigenvalue weighted by Gasteiger charge is -2.23. The molecule has 3 aromatic carbocycles. The summed E-state index contributed by atoms with van der Waals surface area (Å²) in [7, 11) is 0. The summed E-state index contributed by atoms with van der Waals surface area (Å²) >= 11 is 0. The fraction of sp³-hybridized carbons (Fsp3) is 0.320. The minimum Gasteiger partial charge on any atom is -0.365 e. The highest BCUT2D eigenvalue weighted by Gasteiger charge is 2.31. The van der Waals surface area contributed by atoms with Gasteiger partial charge in [-0.2, -0.15) is 0 Å². The molecular weight excluding hydrogens is 328 g/mol. The number of fused-ring (bicyclic) bond motifs is 2. The monoisotopic (exact) mass is 354 g/mol. The second kappa shape index (κ2) is 7.19. The van der Waals surface area contributed by atoms with Gasteiger partial charge in [0.05, 0.1) is 6.04 Å². The third-order valence-corrected chi connectivity index (χ3v) is 6.16. The molecule has 1 heterocycles. The van der Waals surface area contributed by atoms with E-state index in [1.807, 2.05) is 0 Å². The molecule has 1 unspecified atom stereocenters. The van der Waals surface area contributed by atoms with Crippen LogP contribution in [0.1, 0.15) is 42.4 Å². The topological polar surface area (TPSA) is 24.4 Å². The van der Waals surface area contributed by atoms with Gasteiger partial charge in [-0.05, 0) is 47.6 Å². The Labute approximate surface area is 161 Å². The van der Waals surface area contributed by atoms with Gasteiger partial charge in [-0.15, -0.1) is 0 Å². The van der Waals surface area contributed by atoms with Crippen molar-refractivity contribution in [1.29, 1.82) is 0 Å². The Bertz CT molecular complexity index is 983. The van der Waals surface area contributed by atoms with Crippen LogP contribution >= 0.6 is 0 Å². The van der Waals surface area contributed by atoms with Crippen LogP contribution < -0.4 is 5.32 Å². The maximum absolute atomic E-state index is 5.05. The first-order valence-corrected chi connectivity index (χ1v) is 10.3.